The van der Waals surface area contributed by atoms with Gasteiger partial charge < -0.3 is 14.3 Å². The second kappa shape index (κ2) is 36.3. The molecule has 0 saturated carbocycles. The number of nitrogens with one attached hydrogen (secondary N) is 1. The predicted molar refractivity (Wildman–Crippen MR) is 546 cm³/mol. The Morgan fingerprint density at radius 1 is 0.235 bits per heavy atom. The van der Waals surface area contributed by atoms with Gasteiger partial charge in [0.25, 0.3) is 0 Å². The van der Waals surface area contributed by atoms with Crippen molar-refractivity contribution >= 4 is 46.0 Å². The number of H-pyrrole nitrogens is 1. The Balaban J connectivity index is 0.000000127. The van der Waals surface area contributed by atoms with Gasteiger partial charge in [-0.3, -0.25) is 0 Å². The predicted octanol–water partition coefficient (Wildman–Crippen LogP) is 30.6. The van der Waals surface area contributed by atoms with Gasteiger partial charge in [0.15, 0.2) is 29.1 Å². The van der Waals surface area contributed by atoms with Crippen LogP contribution in [0.4, 0.5) is 0 Å². The highest BCUT2D eigenvalue weighted by atomic mass is 35.5. The van der Waals surface area contributed by atoms with E-state index in [-0.39, 0.29) is 23.6 Å². The Kier molecular flexibility index (Phi) is 22.8. The molecule has 1 saturated heterocycles. The zero-order chi connectivity index (χ0) is 89.1. The van der Waals surface area contributed by atoms with Crippen molar-refractivity contribution in [1.29, 1.82) is 0 Å². The summed E-state index contributed by atoms with van der Waals surface area (Å²) in [6.07, 6.45) is 0.977. The molecule has 11 heteroatoms. The minimum atomic E-state index is -0.362. The Hall–Kier alpha value is -15.9. The molecule has 0 unspecified atom stereocenters. The van der Waals surface area contributed by atoms with E-state index in [2.05, 4.69) is 419 Å². The summed E-state index contributed by atoms with van der Waals surface area (Å²) in [7, 11) is -0.362. The summed E-state index contributed by atoms with van der Waals surface area (Å²) in [6, 6.07) is 158. The van der Waals surface area contributed by atoms with Gasteiger partial charge in [0.05, 0.1) is 11.2 Å². The van der Waals surface area contributed by atoms with E-state index in [0.717, 1.165) is 106 Å². The number of rotatable bonds is 16. The Labute approximate surface area is 774 Å². The molecule has 0 bridgehead atoms. The standard InChI is InChI=1S/C57H38N4.C33H22ClN3.C31H29BO2/c1-5-16-38(17-6-1)43-30-31-52-51(37-43)54-50(28-15-29-53(54)58-52)44-25-14-27-46(33-44)57-60-55(41-22-11-4-12-23-41)59-56(61-57)45-26-13-24-42(32-45)49-35-47(39-18-7-2-8-19-39)34-48(36-49)40-20-9-3-10-21-40;34-33-36-31(25-15-8-3-9-16-25)35-32(37-33)27-18-10-17-26(19-27)30-21-28(23-11-4-1-5-12-23)20-29(22-30)24-13-6-2-7-14-24;1-30(2)31(3,4)34-32(33-30)26-14-8-12-23(19-26)27-15-9-13-25-18-24-17-16-22(20-28(24)29(25)27)21-10-6-5-7-11-21/h1-37,58H;1-22H;5-17,19-20H,18H2,1-4H3. The second-order valence-corrected chi connectivity index (χ2v) is 34.9. The van der Waals surface area contributed by atoms with Crippen molar-refractivity contribution < 1.29 is 9.31 Å². The van der Waals surface area contributed by atoms with Crippen molar-refractivity contribution in [3.05, 3.63) is 465 Å². The van der Waals surface area contributed by atoms with Crippen LogP contribution < -0.4 is 5.46 Å². The molecule has 0 spiro atoms. The van der Waals surface area contributed by atoms with Crippen LogP contribution in [0, 0.1) is 0 Å². The van der Waals surface area contributed by atoms with Gasteiger partial charge in [0.2, 0.25) is 5.28 Å². The maximum absolute atomic E-state index is 6.33. The summed E-state index contributed by atoms with van der Waals surface area (Å²) in [5.74, 6) is 2.96. The summed E-state index contributed by atoms with van der Waals surface area (Å²) < 4.78 is 12.7. The number of benzene rings is 18. The molecular weight excluding hydrogens is 1630 g/mol. The third-order valence-electron chi connectivity index (χ3n) is 25.4. The van der Waals surface area contributed by atoms with Crippen LogP contribution in [-0.2, 0) is 15.7 Å². The number of hydrogen-bond donors (Lipinski definition) is 1. The van der Waals surface area contributed by atoms with Gasteiger partial charge in [-0.2, -0.15) is 9.97 Å². The van der Waals surface area contributed by atoms with Crippen LogP contribution in [-0.4, -0.2) is 53.2 Å². The number of aromatic nitrogens is 7. The number of fused-ring (bicyclic) bond motifs is 6. The highest BCUT2D eigenvalue weighted by Gasteiger charge is 2.52. The normalized spacial score (nSPS) is 12.8. The molecule has 1 aliphatic carbocycles. The molecule has 18 aromatic carbocycles. The third-order valence-corrected chi connectivity index (χ3v) is 25.6. The lowest BCUT2D eigenvalue weighted by Crippen LogP contribution is -2.41. The molecule has 0 atom stereocenters. The van der Waals surface area contributed by atoms with Gasteiger partial charge >= 0.3 is 7.12 Å². The van der Waals surface area contributed by atoms with Crippen molar-refractivity contribution in [3.8, 4) is 179 Å². The lowest BCUT2D eigenvalue weighted by Gasteiger charge is -2.32. The van der Waals surface area contributed by atoms with E-state index in [1.54, 1.807) is 0 Å². The second-order valence-electron chi connectivity index (χ2n) is 34.5. The molecule has 630 valence electrons. The van der Waals surface area contributed by atoms with Crippen LogP contribution in [0.15, 0.2) is 449 Å². The van der Waals surface area contributed by atoms with Gasteiger partial charge in [-0.15, -0.1) is 0 Å². The first-order chi connectivity index (χ1) is 64.7. The molecule has 0 amide bonds. The smallest absolute Gasteiger partial charge is 0.399 e. The van der Waals surface area contributed by atoms with E-state index in [9.17, 15) is 0 Å². The maximum Gasteiger partial charge on any atom is 0.494 e. The topological polar surface area (TPSA) is 112 Å². The number of hydrogen-bond acceptors (Lipinski definition) is 8. The molecule has 3 aromatic heterocycles. The summed E-state index contributed by atoms with van der Waals surface area (Å²) in [5, 5.41) is 2.56. The van der Waals surface area contributed by atoms with Crippen LogP contribution in [0.2, 0.25) is 5.28 Å². The molecule has 21 aromatic rings. The van der Waals surface area contributed by atoms with Gasteiger partial charge in [0.1, 0.15) is 0 Å². The molecule has 1 N–H and O–H groups in total. The van der Waals surface area contributed by atoms with Crippen molar-refractivity contribution in [2.75, 3.05) is 0 Å². The molecule has 23 rings (SSSR count). The lowest BCUT2D eigenvalue weighted by atomic mass is 9.77. The number of halogens is 1. The quantitative estimate of drug-likeness (QED) is 0.0953. The Bertz CT molecular complexity index is 7670. The first kappa shape index (κ1) is 83.0. The fraction of sp³-hybridized carbons (Fsp3) is 0.0579. The first-order valence-electron chi connectivity index (χ1n) is 44.7. The van der Waals surface area contributed by atoms with Gasteiger partial charge in [-0.05, 0) is 264 Å². The van der Waals surface area contributed by atoms with Crippen molar-refractivity contribution in [2.45, 2.75) is 45.3 Å². The lowest BCUT2D eigenvalue weighted by molar-refractivity contribution is 0.00578. The van der Waals surface area contributed by atoms with E-state index in [0.29, 0.717) is 29.1 Å². The highest BCUT2D eigenvalue weighted by molar-refractivity contribution is 6.62. The summed E-state index contributed by atoms with van der Waals surface area (Å²) in [6.45, 7) is 8.40. The zero-order valence-corrected chi connectivity index (χ0v) is 74.1. The largest absolute Gasteiger partial charge is 0.494 e. The van der Waals surface area contributed by atoms with Gasteiger partial charge in [-0.1, -0.05) is 370 Å². The first-order valence-corrected chi connectivity index (χ1v) is 45.1. The number of aromatic amines is 1. The van der Waals surface area contributed by atoms with E-state index in [1.165, 1.54) is 88.7 Å². The fourth-order valence-corrected chi connectivity index (χ4v) is 18.1. The van der Waals surface area contributed by atoms with Crippen molar-refractivity contribution in [1.82, 2.24) is 34.9 Å². The van der Waals surface area contributed by atoms with E-state index in [4.69, 9.17) is 40.8 Å². The molecular formula is C121H89BClN7O2. The average molecular weight is 1720 g/mol. The van der Waals surface area contributed by atoms with Crippen LogP contribution >= 0.6 is 11.6 Å². The monoisotopic (exact) mass is 1720 g/mol. The summed E-state index contributed by atoms with van der Waals surface area (Å²) in [4.78, 5) is 32.6. The van der Waals surface area contributed by atoms with Crippen LogP contribution in [0.3, 0.4) is 0 Å². The maximum atomic E-state index is 6.33. The molecule has 1 fully saturated rings. The third kappa shape index (κ3) is 17.4. The molecule has 1 aliphatic heterocycles. The Morgan fingerprint density at radius 2 is 0.545 bits per heavy atom. The SMILES string of the molecule is CC1(C)OB(c2cccc(-c3cccc4c3-c3cc(-c5ccccc5)ccc3C4)c2)OC1(C)C.Clc1nc(-c2ccccc2)nc(-c2cccc(-c3cc(-c4ccccc4)cc(-c4ccccc4)c3)c2)n1.c1ccc(-c2cc(-c3ccccc3)cc(-c3cccc(-c4nc(-c5ccccc5)nc(-c5cccc(-c6cccc7[nH]c8ccc(-c9ccccc9)cc8c67)c5)n4)c3)c2)cc1. The summed E-state index contributed by atoms with van der Waals surface area (Å²) in [5.41, 5.74) is 35.9. The van der Waals surface area contributed by atoms with Crippen molar-refractivity contribution in [2.24, 2.45) is 0 Å². The minimum Gasteiger partial charge on any atom is -0.399 e. The summed E-state index contributed by atoms with van der Waals surface area (Å²) >= 11 is 6.32. The fourth-order valence-electron chi connectivity index (χ4n) is 17.9. The van der Waals surface area contributed by atoms with E-state index < -0.39 is 0 Å². The molecule has 132 heavy (non-hydrogen) atoms. The van der Waals surface area contributed by atoms with E-state index in [1.807, 2.05) is 72.8 Å². The van der Waals surface area contributed by atoms with Crippen molar-refractivity contribution in [3.63, 3.8) is 0 Å². The van der Waals surface area contributed by atoms with Crippen LogP contribution in [0.5, 0.6) is 0 Å². The average Bonchev–Trinajstić information content (AvgIpc) is 1.52. The van der Waals surface area contributed by atoms with Gasteiger partial charge in [-0.25, -0.2) is 19.9 Å². The molecule has 9 nitrogen and oxygen atoms in total. The molecule has 2 aliphatic rings. The Morgan fingerprint density at radius 3 is 1.00 bits per heavy atom. The van der Waals surface area contributed by atoms with Gasteiger partial charge in [0, 0.05) is 49.6 Å². The molecule has 4 heterocycles. The number of nitrogens with zero attached hydrogens (tertiary/aromatic N) is 6. The zero-order valence-electron chi connectivity index (χ0n) is 73.4. The highest BCUT2D eigenvalue weighted by Crippen LogP contribution is 2.47. The molecule has 0 radical (unpaired) electrons. The van der Waals surface area contributed by atoms with Crippen LogP contribution in [0.1, 0.15) is 38.8 Å². The van der Waals surface area contributed by atoms with E-state index >= 15 is 0 Å². The van der Waals surface area contributed by atoms with Crippen LogP contribution in [0.25, 0.3) is 201 Å². The minimum absolute atomic E-state index is 0.173.